The highest BCUT2D eigenvalue weighted by Crippen LogP contribution is 2.41. The number of aromatic nitrogens is 2. The SMILES string of the molecule is CCCCN1C(=S)N[C@H](c2ccccn2)[C@@H]1c1cc(C)n(-c2cc(Cl)ccc2C)c1C. The van der Waals surface area contributed by atoms with Crippen molar-refractivity contribution in [2.75, 3.05) is 6.54 Å². The van der Waals surface area contributed by atoms with Crippen molar-refractivity contribution >= 4 is 28.9 Å². The summed E-state index contributed by atoms with van der Waals surface area (Å²) in [5.74, 6) is 0. The molecule has 6 heteroatoms. The van der Waals surface area contributed by atoms with Gasteiger partial charge in [-0.25, -0.2) is 0 Å². The van der Waals surface area contributed by atoms with Crippen molar-refractivity contribution < 1.29 is 0 Å². The molecule has 0 aliphatic carbocycles. The largest absolute Gasteiger partial charge is 0.352 e. The summed E-state index contributed by atoms with van der Waals surface area (Å²) < 4.78 is 2.31. The van der Waals surface area contributed by atoms with E-state index >= 15 is 0 Å². The van der Waals surface area contributed by atoms with Crippen LogP contribution in [0.1, 0.15) is 60.1 Å². The summed E-state index contributed by atoms with van der Waals surface area (Å²) in [5.41, 5.74) is 7.00. The Morgan fingerprint density at radius 1 is 1.13 bits per heavy atom. The molecule has 0 amide bonds. The van der Waals surface area contributed by atoms with Crippen LogP contribution in [0.15, 0.2) is 48.7 Å². The first-order chi connectivity index (χ1) is 14.9. The molecular formula is C25H29ClN4S. The summed E-state index contributed by atoms with van der Waals surface area (Å²) in [6.45, 7) is 9.61. The van der Waals surface area contributed by atoms with Crippen LogP contribution in [-0.4, -0.2) is 26.1 Å². The monoisotopic (exact) mass is 452 g/mol. The molecule has 31 heavy (non-hydrogen) atoms. The normalized spacial score (nSPS) is 18.5. The van der Waals surface area contributed by atoms with Crippen molar-refractivity contribution in [2.45, 2.75) is 52.6 Å². The van der Waals surface area contributed by atoms with Crippen LogP contribution in [0.5, 0.6) is 0 Å². The minimum atomic E-state index is 0.0139. The van der Waals surface area contributed by atoms with E-state index in [2.05, 4.69) is 65.7 Å². The summed E-state index contributed by atoms with van der Waals surface area (Å²) in [6.07, 6.45) is 4.07. The van der Waals surface area contributed by atoms with Gasteiger partial charge in [0.05, 0.1) is 17.8 Å². The standard InChI is InChI=1S/C25H29ClN4S/c1-5-6-13-29-24(23(28-25(29)31)21-9-7-8-12-27-21)20-14-17(3)30(18(20)4)22-15-19(26)11-10-16(22)2/h7-12,14-15,23-24H,5-6,13H2,1-4H3,(H,28,31)/t23-,24+/m1/s1. The van der Waals surface area contributed by atoms with Crippen LogP contribution in [0.2, 0.25) is 5.02 Å². The summed E-state index contributed by atoms with van der Waals surface area (Å²) in [7, 11) is 0. The number of benzene rings is 1. The zero-order chi connectivity index (χ0) is 22.1. The number of aryl methyl sites for hydroxylation is 2. The highest BCUT2D eigenvalue weighted by molar-refractivity contribution is 7.80. The molecule has 0 saturated carbocycles. The Hall–Kier alpha value is -2.37. The van der Waals surface area contributed by atoms with Gasteiger partial charge >= 0.3 is 0 Å². The Labute approximate surface area is 195 Å². The van der Waals surface area contributed by atoms with Gasteiger partial charge in [-0.15, -0.1) is 0 Å². The van der Waals surface area contributed by atoms with Gasteiger partial charge in [0.15, 0.2) is 5.11 Å². The lowest BCUT2D eigenvalue weighted by molar-refractivity contribution is 0.312. The van der Waals surface area contributed by atoms with Gasteiger partial charge in [-0.05, 0) is 80.9 Å². The quantitative estimate of drug-likeness (QED) is 0.450. The molecule has 2 aromatic heterocycles. The molecule has 2 atom stereocenters. The summed E-state index contributed by atoms with van der Waals surface area (Å²) in [4.78, 5) is 7.00. The van der Waals surface area contributed by atoms with Gasteiger partial charge < -0.3 is 14.8 Å². The predicted molar refractivity (Wildman–Crippen MR) is 132 cm³/mol. The van der Waals surface area contributed by atoms with Gasteiger partial charge in [0.25, 0.3) is 0 Å². The predicted octanol–water partition coefficient (Wildman–Crippen LogP) is 6.22. The highest BCUT2D eigenvalue weighted by atomic mass is 35.5. The van der Waals surface area contributed by atoms with Crippen molar-refractivity contribution in [1.29, 1.82) is 0 Å². The zero-order valence-corrected chi connectivity index (χ0v) is 20.1. The van der Waals surface area contributed by atoms with Gasteiger partial charge in [-0.2, -0.15) is 0 Å². The second-order valence-corrected chi connectivity index (χ2v) is 9.09. The second kappa shape index (κ2) is 9.01. The van der Waals surface area contributed by atoms with Gasteiger partial charge in [-0.1, -0.05) is 37.1 Å². The molecule has 3 aromatic rings. The smallest absolute Gasteiger partial charge is 0.170 e. The van der Waals surface area contributed by atoms with E-state index in [1.807, 2.05) is 30.5 Å². The maximum Gasteiger partial charge on any atom is 0.170 e. The average molecular weight is 453 g/mol. The van der Waals surface area contributed by atoms with Crippen molar-refractivity contribution in [2.24, 2.45) is 0 Å². The van der Waals surface area contributed by atoms with Crippen molar-refractivity contribution in [3.63, 3.8) is 0 Å². The van der Waals surface area contributed by atoms with E-state index in [1.165, 1.54) is 22.5 Å². The second-order valence-electron chi connectivity index (χ2n) is 8.27. The maximum atomic E-state index is 6.35. The fourth-order valence-electron chi connectivity index (χ4n) is 4.59. The molecule has 1 saturated heterocycles. The maximum absolute atomic E-state index is 6.35. The lowest BCUT2D eigenvalue weighted by Crippen LogP contribution is -2.30. The summed E-state index contributed by atoms with van der Waals surface area (Å²) >= 11 is 12.1. The number of thiocarbonyl (C=S) groups is 1. The van der Waals surface area contributed by atoms with Crippen LogP contribution in [0.25, 0.3) is 5.69 Å². The Balaban J connectivity index is 1.84. The van der Waals surface area contributed by atoms with E-state index in [-0.39, 0.29) is 12.1 Å². The third-order valence-electron chi connectivity index (χ3n) is 6.15. The van der Waals surface area contributed by atoms with E-state index < -0.39 is 0 Å². The number of halogens is 1. The molecule has 0 spiro atoms. The van der Waals surface area contributed by atoms with E-state index in [9.17, 15) is 0 Å². The molecule has 1 fully saturated rings. The van der Waals surface area contributed by atoms with Crippen LogP contribution < -0.4 is 5.32 Å². The van der Waals surface area contributed by atoms with E-state index in [4.69, 9.17) is 23.8 Å². The van der Waals surface area contributed by atoms with Crippen LogP contribution in [0.4, 0.5) is 0 Å². The minimum Gasteiger partial charge on any atom is -0.352 e. The van der Waals surface area contributed by atoms with Crippen LogP contribution in [0.3, 0.4) is 0 Å². The van der Waals surface area contributed by atoms with Crippen molar-refractivity contribution in [3.05, 3.63) is 81.9 Å². The molecule has 1 aliphatic rings. The van der Waals surface area contributed by atoms with Gasteiger partial charge in [0.2, 0.25) is 0 Å². The summed E-state index contributed by atoms with van der Waals surface area (Å²) in [5, 5.41) is 5.11. The molecular weight excluding hydrogens is 424 g/mol. The van der Waals surface area contributed by atoms with Crippen molar-refractivity contribution in [3.8, 4) is 5.69 Å². The molecule has 4 rings (SSSR count). The van der Waals surface area contributed by atoms with Gasteiger partial charge in [0, 0.05) is 34.8 Å². The fourth-order valence-corrected chi connectivity index (χ4v) is 5.09. The minimum absolute atomic E-state index is 0.0139. The summed E-state index contributed by atoms with van der Waals surface area (Å²) in [6, 6.07) is 14.5. The number of rotatable bonds is 6. The Morgan fingerprint density at radius 2 is 1.94 bits per heavy atom. The number of pyridine rings is 1. The Bertz CT molecular complexity index is 1090. The first-order valence-corrected chi connectivity index (χ1v) is 11.6. The Kier molecular flexibility index (Phi) is 6.35. The fraction of sp³-hybridized carbons (Fsp3) is 0.360. The molecule has 4 nitrogen and oxygen atoms in total. The number of unbranched alkanes of at least 4 members (excludes halogenated alkanes) is 1. The molecule has 0 bridgehead atoms. The van der Waals surface area contributed by atoms with E-state index in [0.717, 1.165) is 40.9 Å². The lowest BCUT2D eigenvalue weighted by Gasteiger charge is -2.28. The Morgan fingerprint density at radius 3 is 2.65 bits per heavy atom. The van der Waals surface area contributed by atoms with Crippen LogP contribution in [-0.2, 0) is 0 Å². The van der Waals surface area contributed by atoms with E-state index in [0.29, 0.717) is 0 Å². The zero-order valence-electron chi connectivity index (χ0n) is 18.5. The topological polar surface area (TPSA) is 33.1 Å². The first kappa shape index (κ1) is 21.8. The third kappa shape index (κ3) is 4.09. The molecule has 162 valence electrons. The number of nitrogens with one attached hydrogen (secondary N) is 1. The van der Waals surface area contributed by atoms with Crippen molar-refractivity contribution in [1.82, 2.24) is 19.8 Å². The molecule has 0 radical (unpaired) electrons. The average Bonchev–Trinajstić information content (AvgIpc) is 3.24. The lowest BCUT2D eigenvalue weighted by atomic mass is 9.96. The molecule has 0 unspecified atom stereocenters. The third-order valence-corrected chi connectivity index (χ3v) is 6.74. The molecule has 3 heterocycles. The van der Waals surface area contributed by atoms with Crippen LogP contribution in [0, 0.1) is 20.8 Å². The number of hydrogen-bond acceptors (Lipinski definition) is 2. The number of hydrogen-bond donors (Lipinski definition) is 1. The van der Waals surface area contributed by atoms with Gasteiger partial charge in [-0.3, -0.25) is 4.98 Å². The first-order valence-electron chi connectivity index (χ1n) is 10.9. The molecule has 1 N–H and O–H groups in total. The van der Waals surface area contributed by atoms with E-state index in [1.54, 1.807) is 0 Å². The number of nitrogens with zero attached hydrogens (tertiary/aromatic N) is 3. The molecule has 1 aliphatic heterocycles. The van der Waals surface area contributed by atoms with Gasteiger partial charge in [0.1, 0.15) is 0 Å². The van der Waals surface area contributed by atoms with Crippen LogP contribution >= 0.6 is 23.8 Å². The highest BCUT2D eigenvalue weighted by Gasteiger charge is 2.41. The molecule has 1 aromatic carbocycles.